The van der Waals surface area contributed by atoms with Gasteiger partial charge in [0.1, 0.15) is 5.82 Å². The number of nitrogens with zero attached hydrogens (tertiary/aromatic N) is 2. The number of nitrogens with one attached hydrogen (secondary N) is 1. The molecule has 1 N–H and O–H groups in total. The van der Waals surface area contributed by atoms with E-state index in [9.17, 15) is 14.0 Å². The van der Waals surface area contributed by atoms with Crippen LogP contribution in [0, 0.1) is 5.82 Å². The van der Waals surface area contributed by atoms with Gasteiger partial charge in [0.2, 0.25) is 0 Å². The van der Waals surface area contributed by atoms with E-state index in [0.717, 1.165) is 17.1 Å². The average Bonchev–Trinajstić information content (AvgIpc) is 3.16. The van der Waals surface area contributed by atoms with Gasteiger partial charge in [-0.3, -0.25) is 14.6 Å². The molecule has 0 saturated carbocycles. The van der Waals surface area contributed by atoms with E-state index in [-0.39, 0.29) is 22.4 Å². The smallest absolute Gasteiger partial charge is 0.254 e. The van der Waals surface area contributed by atoms with Crippen LogP contribution in [-0.2, 0) is 0 Å². The van der Waals surface area contributed by atoms with Crippen molar-refractivity contribution in [3.05, 3.63) is 53.5 Å². The van der Waals surface area contributed by atoms with Gasteiger partial charge < -0.3 is 9.55 Å². The quantitative estimate of drug-likeness (QED) is 0.322. The lowest BCUT2D eigenvalue weighted by molar-refractivity contribution is 0.0747. The number of pyridine rings is 1. The molecule has 0 radical (unpaired) electrons. The van der Waals surface area contributed by atoms with Crippen LogP contribution in [0.2, 0.25) is 18.1 Å². The second-order valence-corrected chi connectivity index (χ2v) is 14.5. The minimum atomic E-state index is -2.52. The number of carbonyl (C=O) groups excluding carboxylic acids is 2. The summed E-state index contributed by atoms with van der Waals surface area (Å²) in [6, 6.07) is 8.96. The summed E-state index contributed by atoms with van der Waals surface area (Å²) in [5.41, 5.74) is 2.63. The Hall–Kier alpha value is -3.06. The Bertz CT molecular complexity index is 1420. The molecule has 0 spiro atoms. The lowest BCUT2D eigenvalue weighted by Gasteiger charge is -2.42. The van der Waals surface area contributed by atoms with E-state index in [4.69, 9.17) is 0 Å². The maximum atomic E-state index is 14.2. The first-order valence-electron chi connectivity index (χ1n) is 9.94. The van der Waals surface area contributed by atoms with Gasteiger partial charge in [0.25, 0.3) is 11.8 Å². The number of hydrogen-bond acceptors (Lipinski definition) is 3. The molecule has 0 unspecified atom stereocenters. The molecule has 7 heteroatoms. The second kappa shape index (κ2) is 5.76. The van der Waals surface area contributed by atoms with Crippen LogP contribution in [0.15, 0.2) is 36.5 Å². The zero-order valence-electron chi connectivity index (χ0n) is 17.6. The summed E-state index contributed by atoms with van der Waals surface area (Å²) < 4.78 is 15.7. The fourth-order valence-electron chi connectivity index (χ4n) is 4.26. The van der Waals surface area contributed by atoms with E-state index in [1.165, 1.54) is 10.6 Å². The van der Waals surface area contributed by atoms with Gasteiger partial charge in [-0.05, 0) is 17.2 Å². The van der Waals surface area contributed by atoms with Crippen molar-refractivity contribution in [1.82, 2.24) is 14.5 Å². The summed E-state index contributed by atoms with van der Waals surface area (Å²) in [6.45, 7) is 10.2. The van der Waals surface area contributed by atoms with Gasteiger partial charge in [0.05, 0.1) is 28.4 Å². The van der Waals surface area contributed by atoms with Crippen molar-refractivity contribution >= 4 is 52.8 Å². The normalized spacial score (nSPS) is 15.1. The first-order valence-corrected chi connectivity index (χ1v) is 12.9. The number of rotatable bonds is 1. The molecule has 4 aromatic rings. The lowest BCUT2D eigenvalue weighted by atomic mass is 9.97. The molecule has 0 bridgehead atoms. The molecule has 152 valence electrons. The van der Waals surface area contributed by atoms with Crippen LogP contribution in [0.5, 0.6) is 0 Å². The van der Waals surface area contributed by atoms with Gasteiger partial charge in [-0.15, -0.1) is 0 Å². The molecule has 0 fully saturated rings. The number of imide groups is 1. The number of para-hydroxylation sites is 1. The number of aromatic amines is 1. The third-order valence-electron chi connectivity index (χ3n) is 6.79. The summed E-state index contributed by atoms with van der Waals surface area (Å²) in [7, 11) is -2.52. The van der Waals surface area contributed by atoms with Crippen molar-refractivity contribution in [1.29, 1.82) is 0 Å². The molecule has 3 heterocycles. The van der Waals surface area contributed by atoms with Crippen LogP contribution in [0.4, 0.5) is 4.39 Å². The van der Waals surface area contributed by atoms with Gasteiger partial charge in [0, 0.05) is 21.7 Å². The molecular weight excluding hydrogens is 397 g/mol. The molecule has 0 saturated heterocycles. The van der Waals surface area contributed by atoms with Crippen LogP contribution < -0.4 is 0 Å². The monoisotopic (exact) mass is 419 g/mol. The maximum Gasteiger partial charge on any atom is 0.254 e. The van der Waals surface area contributed by atoms with Crippen molar-refractivity contribution in [2.24, 2.45) is 0 Å². The minimum absolute atomic E-state index is 0.223. The standard InChI is InChI=1S/C23H22FN3O2Si/c1-23(2,3)30(4,5)27-21(28)17-14-10-12(24)11-25-19(14)20-16(18(17)22(27)29)13-8-6-7-9-15(13)26-20/h6-11,26H,1-5H3. The summed E-state index contributed by atoms with van der Waals surface area (Å²) in [6.07, 6.45) is 1.15. The number of fused-ring (bicyclic) bond motifs is 8. The van der Waals surface area contributed by atoms with Crippen molar-refractivity contribution in [3.63, 3.8) is 0 Å². The Morgan fingerprint density at radius 3 is 2.40 bits per heavy atom. The second-order valence-electron chi connectivity index (χ2n) is 9.48. The van der Waals surface area contributed by atoms with E-state index in [1.807, 2.05) is 37.4 Å². The first kappa shape index (κ1) is 18.9. The Kier molecular flexibility index (Phi) is 3.63. The Balaban J connectivity index is 1.98. The van der Waals surface area contributed by atoms with E-state index < -0.39 is 14.1 Å². The van der Waals surface area contributed by atoms with Crippen molar-refractivity contribution < 1.29 is 14.0 Å². The van der Waals surface area contributed by atoms with Gasteiger partial charge in [-0.1, -0.05) is 52.1 Å². The van der Waals surface area contributed by atoms with Crippen LogP contribution in [-0.4, -0.2) is 34.6 Å². The maximum absolute atomic E-state index is 14.2. The highest BCUT2D eigenvalue weighted by molar-refractivity contribution is 6.83. The molecule has 5 nitrogen and oxygen atoms in total. The first-order chi connectivity index (χ1) is 14.0. The molecule has 5 rings (SSSR count). The number of benzene rings is 2. The number of carbonyl (C=O) groups is 2. The van der Waals surface area contributed by atoms with Crippen molar-refractivity contribution in [2.45, 2.75) is 38.9 Å². The summed E-state index contributed by atoms with van der Waals surface area (Å²) >= 11 is 0. The fraction of sp³-hybridized carbons (Fsp3) is 0.261. The van der Waals surface area contributed by atoms with E-state index in [2.05, 4.69) is 30.7 Å². The van der Waals surface area contributed by atoms with Crippen LogP contribution in [0.25, 0.3) is 32.7 Å². The molecule has 1 aliphatic rings. The van der Waals surface area contributed by atoms with E-state index in [1.54, 1.807) is 0 Å². The zero-order chi connectivity index (χ0) is 21.6. The van der Waals surface area contributed by atoms with Gasteiger partial charge in [-0.25, -0.2) is 4.39 Å². The molecule has 0 aliphatic carbocycles. The molecular formula is C23H22FN3O2Si. The van der Waals surface area contributed by atoms with Gasteiger partial charge >= 0.3 is 0 Å². The third kappa shape index (κ3) is 2.24. The summed E-state index contributed by atoms with van der Waals surface area (Å²) in [5.74, 6) is -1.17. The molecule has 30 heavy (non-hydrogen) atoms. The highest BCUT2D eigenvalue weighted by atomic mass is 28.3. The number of amides is 2. The number of aromatic nitrogens is 2. The van der Waals surface area contributed by atoms with E-state index >= 15 is 0 Å². The van der Waals surface area contributed by atoms with Gasteiger partial charge in [0.15, 0.2) is 8.24 Å². The fourth-order valence-corrected chi connectivity index (χ4v) is 6.17. The Labute approximate surface area is 174 Å². The highest BCUT2D eigenvalue weighted by Gasteiger charge is 2.52. The predicted octanol–water partition coefficient (Wildman–Crippen LogP) is 5.61. The van der Waals surface area contributed by atoms with Crippen molar-refractivity contribution in [2.75, 3.05) is 0 Å². The van der Waals surface area contributed by atoms with Crippen LogP contribution >= 0.6 is 0 Å². The Morgan fingerprint density at radius 2 is 1.70 bits per heavy atom. The topological polar surface area (TPSA) is 66.1 Å². The predicted molar refractivity (Wildman–Crippen MR) is 119 cm³/mol. The number of H-pyrrole nitrogens is 1. The van der Waals surface area contributed by atoms with Crippen LogP contribution in [0.3, 0.4) is 0 Å². The largest absolute Gasteiger partial charge is 0.353 e. The molecule has 2 aromatic heterocycles. The Morgan fingerprint density at radius 1 is 1.03 bits per heavy atom. The van der Waals surface area contributed by atoms with Crippen molar-refractivity contribution in [3.8, 4) is 0 Å². The van der Waals surface area contributed by atoms with E-state index in [0.29, 0.717) is 27.4 Å². The number of halogens is 1. The highest BCUT2D eigenvalue weighted by Crippen LogP contribution is 2.46. The van der Waals surface area contributed by atoms with Crippen LogP contribution in [0.1, 0.15) is 41.5 Å². The summed E-state index contributed by atoms with van der Waals surface area (Å²) in [5, 5.41) is 1.70. The number of hydrogen-bond donors (Lipinski definition) is 1. The lowest BCUT2D eigenvalue weighted by Crippen LogP contribution is -2.57. The third-order valence-corrected chi connectivity index (χ3v) is 12.0. The average molecular weight is 420 g/mol. The zero-order valence-corrected chi connectivity index (χ0v) is 18.6. The molecule has 1 aliphatic heterocycles. The molecule has 2 amide bonds. The summed E-state index contributed by atoms with van der Waals surface area (Å²) in [4.78, 5) is 35.1. The minimum Gasteiger partial charge on any atom is -0.353 e. The van der Waals surface area contributed by atoms with Gasteiger partial charge in [-0.2, -0.15) is 0 Å². The molecule has 2 aromatic carbocycles. The SMILES string of the molecule is CC(C)(C)[Si](C)(C)N1C(=O)c2c(c3c4ccccc4[nH]c3c3ncc(F)cc23)C1=O. The molecule has 0 atom stereocenters.